The number of carbonyl (C=O) groups excluding carboxylic acids is 2. The number of aromatic nitrogens is 1. The summed E-state index contributed by atoms with van der Waals surface area (Å²) in [5.41, 5.74) is 2.31. The Morgan fingerprint density at radius 2 is 2.00 bits per heavy atom. The van der Waals surface area contributed by atoms with E-state index in [1.54, 1.807) is 11.1 Å². The number of fused-ring (bicyclic) bond motifs is 1. The minimum atomic E-state index is -0.397. The fraction of sp³-hybridized carbons (Fsp3) is 0.227. The van der Waals surface area contributed by atoms with Crippen LogP contribution < -0.4 is 15.0 Å². The monoisotopic (exact) mass is 375 g/mol. The highest BCUT2D eigenvalue weighted by Crippen LogP contribution is 2.28. The highest BCUT2D eigenvalue weighted by atomic mass is 16.5. The summed E-state index contributed by atoms with van der Waals surface area (Å²) < 4.78 is 5.44. The van der Waals surface area contributed by atoms with Crippen LogP contribution in [0.4, 0.5) is 11.4 Å². The van der Waals surface area contributed by atoms with Gasteiger partial charge < -0.3 is 15.0 Å². The van der Waals surface area contributed by atoms with Crippen LogP contribution in [0.1, 0.15) is 13.3 Å². The normalized spacial score (nSPS) is 16.4. The molecule has 0 saturated carbocycles. The molecule has 3 aromatic rings. The molecule has 1 aromatic heterocycles. The van der Waals surface area contributed by atoms with Crippen molar-refractivity contribution in [1.29, 1.82) is 0 Å². The van der Waals surface area contributed by atoms with Gasteiger partial charge in [0, 0.05) is 30.2 Å². The molecule has 6 nitrogen and oxygen atoms in total. The molecule has 0 bridgehead atoms. The van der Waals surface area contributed by atoms with Gasteiger partial charge in [-0.25, -0.2) is 0 Å². The predicted molar refractivity (Wildman–Crippen MR) is 108 cm³/mol. The van der Waals surface area contributed by atoms with Gasteiger partial charge in [0.15, 0.2) is 0 Å². The van der Waals surface area contributed by atoms with Gasteiger partial charge in [0.1, 0.15) is 5.75 Å². The van der Waals surface area contributed by atoms with E-state index in [2.05, 4.69) is 10.3 Å². The number of pyridine rings is 1. The molecule has 1 aliphatic rings. The minimum Gasteiger partial charge on any atom is -0.494 e. The predicted octanol–water partition coefficient (Wildman–Crippen LogP) is 3.63. The third-order valence-electron chi connectivity index (χ3n) is 4.86. The lowest BCUT2D eigenvalue weighted by Gasteiger charge is -2.17. The molecule has 1 saturated heterocycles. The van der Waals surface area contributed by atoms with Gasteiger partial charge >= 0.3 is 0 Å². The Kier molecular flexibility index (Phi) is 4.93. The van der Waals surface area contributed by atoms with Crippen molar-refractivity contribution >= 4 is 34.1 Å². The maximum Gasteiger partial charge on any atom is 0.229 e. The third-order valence-corrected chi connectivity index (χ3v) is 4.86. The van der Waals surface area contributed by atoms with Crippen LogP contribution in [0, 0.1) is 5.92 Å². The minimum absolute atomic E-state index is 0.0519. The zero-order valence-electron chi connectivity index (χ0n) is 15.6. The number of anilines is 2. The van der Waals surface area contributed by atoms with Crippen LogP contribution in [0.2, 0.25) is 0 Å². The standard InChI is InChI=1S/C22H21N3O3/c1-2-28-17-10-8-16(9-11-17)25-14-15(13-21(25)26)22(27)24-20-7-3-6-19-18(20)5-4-12-23-19/h3-12,15H,2,13-14H2,1H3,(H,24,27). The molecule has 4 rings (SSSR count). The van der Waals surface area contributed by atoms with E-state index >= 15 is 0 Å². The van der Waals surface area contributed by atoms with Gasteiger partial charge in [-0.05, 0) is 55.5 Å². The topological polar surface area (TPSA) is 71.5 Å². The molecule has 1 atom stereocenters. The molecule has 0 spiro atoms. The van der Waals surface area contributed by atoms with E-state index in [4.69, 9.17) is 4.74 Å². The van der Waals surface area contributed by atoms with Crippen LogP contribution in [0.5, 0.6) is 5.75 Å². The number of rotatable bonds is 5. The number of carbonyl (C=O) groups is 2. The second-order valence-corrected chi connectivity index (χ2v) is 6.70. The van der Waals surface area contributed by atoms with Crippen molar-refractivity contribution in [3.63, 3.8) is 0 Å². The Bertz CT molecular complexity index is 1010. The molecule has 1 aliphatic heterocycles. The van der Waals surface area contributed by atoms with Crippen LogP contribution in [0.3, 0.4) is 0 Å². The molecule has 2 aromatic carbocycles. The van der Waals surface area contributed by atoms with Crippen molar-refractivity contribution in [1.82, 2.24) is 4.98 Å². The number of hydrogen-bond donors (Lipinski definition) is 1. The summed E-state index contributed by atoms with van der Waals surface area (Å²) in [5.74, 6) is 0.157. The van der Waals surface area contributed by atoms with E-state index in [0.717, 1.165) is 22.3 Å². The van der Waals surface area contributed by atoms with Gasteiger partial charge in [-0.3, -0.25) is 14.6 Å². The van der Waals surface area contributed by atoms with Crippen molar-refractivity contribution < 1.29 is 14.3 Å². The van der Waals surface area contributed by atoms with Crippen molar-refractivity contribution in [3.05, 3.63) is 60.8 Å². The maximum absolute atomic E-state index is 12.8. The van der Waals surface area contributed by atoms with Crippen molar-refractivity contribution in [3.8, 4) is 5.75 Å². The van der Waals surface area contributed by atoms with E-state index < -0.39 is 5.92 Å². The molecule has 142 valence electrons. The fourth-order valence-electron chi connectivity index (χ4n) is 3.47. The smallest absolute Gasteiger partial charge is 0.229 e. The zero-order chi connectivity index (χ0) is 19.5. The van der Waals surface area contributed by atoms with Crippen molar-refractivity contribution in [2.24, 2.45) is 5.92 Å². The van der Waals surface area contributed by atoms with Gasteiger partial charge in [0.05, 0.1) is 23.7 Å². The largest absolute Gasteiger partial charge is 0.494 e. The van der Waals surface area contributed by atoms with Crippen LogP contribution in [-0.4, -0.2) is 29.9 Å². The average molecular weight is 375 g/mol. The van der Waals surface area contributed by atoms with Gasteiger partial charge in [0.25, 0.3) is 0 Å². The average Bonchev–Trinajstić information content (AvgIpc) is 3.11. The second kappa shape index (κ2) is 7.68. The maximum atomic E-state index is 12.8. The summed E-state index contributed by atoms with van der Waals surface area (Å²) in [7, 11) is 0. The van der Waals surface area contributed by atoms with E-state index in [9.17, 15) is 9.59 Å². The highest BCUT2D eigenvalue weighted by molar-refractivity contribution is 6.06. The molecule has 1 unspecified atom stereocenters. The number of nitrogens with zero attached hydrogens (tertiary/aromatic N) is 2. The van der Waals surface area contributed by atoms with Gasteiger partial charge in [-0.15, -0.1) is 0 Å². The number of ether oxygens (including phenoxy) is 1. The van der Waals surface area contributed by atoms with E-state index in [-0.39, 0.29) is 18.2 Å². The third kappa shape index (κ3) is 3.53. The SMILES string of the molecule is CCOc1ccc(N2CC(C(=O)Nc3cccc4ncccc34)CC2=O)cc1. The lowest BCUT2D eigenvalue weighted by atomic mass is 10.1. The van der Waals surface area contributed by atoms with Gasteiger partial charge in [-0.1, -0.05) is 6.07 Å². The lowest BCUT2D eigenvalue weighted by Crippen LogP contribution is -2.28. The summed E-state index contributed by atoms with van der Waals surface area (Å²) >= 11 is 0. The number of benzene rings is 2. The zero-order valence-corrected chi connectivity index (χ0v) is 15.6. The van der Waals surface area contributed by atoms with E-state index in [1.807, 2.05) is 61.5 Å². The molecule has 2 heterocycles. The van der Waals surface area contributed by atoms with Gasteiger partial charge in [-0.2, -0.15) is 0 Å². The first-order valence-corrected chi connectivity index (χ1v) is 9.33. The summed E-state index contributed by atoms with van der Waals surface area (Å²) in [6, 6.07) is 16.7. The Morgan fingerprint density at radius 1 is 1.18 bits per heavy atom. The number of nitrogens with one attached hydrogen (secondary N) is 1. The van der Waals surface area contributed by atoms with Crippen LogP contribution in [0.15, 0.2) is 60.8 Å². The summed E-state index contributed by atoms with van der Waals surface area (Å²) in [6.07, 6.45) is 1.92. The van der Waals surface area contributed by atoms with Crippen molar-refractivity contribution in [2.45, 2.75) is 13.3 Å². The molecule has 28 heavy (non-hydrogen) atoms. The first-order chi connectivity index (χ1) is 13.7. The second-order valence-electron chi connectivity index (χ2n) is 6.70. The molecular formula is C22H21N3O3. The molecule has 6 heteroatoms. The fourth-order valence-corrected chi connectivity index (χ4v) is 3.47. The first kappa shape index (κ1) is 18.0. The Balaban J connectivity index is 1.48. The molecule has 2 amide bonds. The van der Waals surface area contributed by atoms with E-state index in [1.165, 1.54) is 0 Å². The molecule has 0 aliphatic carbocycles. The van der Waals surface area contributed by atoms with Crippen LogP contribution in [-0.2, 0) is 9.59 Å². The molecular weight excluding hydrogens is 354 g/mol. The summed E-state index contributed by atoms with van der Waals surface area (Å²) in [4.78, 5) is 31.2. The Morgan fingerprint density at radius 3 is 2.79 bits per heavy atom. The Hall–Kier alpha value is -3.41. The quantitative estimate of drug-likeness (QED) is 0.739. The lowest BCUT2D eigenvalue weighted by molar-refractivity contribution is -0.122. The highest BCUT2D eigenvalue weighted by Gasteiger charge is 2.35. The molecule has 0 radical (unpaired) electrons. The van der Waals surface area contributed by atoms with Crippen LogP contribution in [0.25, 0.3) is 10.9 Å². The van der Waals surface area contributed by atoms with Gasteiger partial charge in [0.2, 0.25) is 11.8 Å². The molecule has 1 N–H and O–H groups in total. The first-order valence-electron chi connectivity index (χ1n) is 9.33. The number of amides is 2. The summed E-state index contributed by atoms with van der Waals surface area (Å²) in [6.45, 7) is 2.88. The van der Waals surface area contributed by atoms with Crippen molar-refractivity contribution in [2.75, 3.05) is 23.4 Å². The summed E-state index contributed by atoms with van der Waals surface area (Å²) in [5, 5.41) is 3.85. The van der Waals surface area contributed by atoms with Crippen LogP contribution >= 0.6 is 0 Å². The van der Waals surface area contributed by atoms with E-state index in [0.29, 0.717) is 18.8 Å². The number of hydrogen-bond acceptors (Lipinski definition) is 4. The molecule has 1 fully saturated rings. The Labute approximate surface area is 163 Å².